The van der Waals surface area contributed by atoms with Crippen LogP contribution in [0.15, 0.2) is 54.6 Å². The Morgan fingerprint density at radius 1 is 1.17 bits per heavy atom. The van der Waals surface area contributed by atoms with E-state index in [4.69, 9.17) is 23.2 Å². The molecule has 1 atom stereocenters. The van der Waals surface area contributed by atoms with Crippen LogP contribution in [0, 0.1) is 0 Å². The van der Waals surface area contributed by atoms with Crippen molar-refractivity contribution in [2.45, 2.75) is 44.4 Å². The minimum Gasteiger partial charge on any atom is -0.293 e. The molecule has 0 radical (unpaired) electrons. The van der Waals surface area contributed by atoms with Crippen LogP contribution < -0.4 is 4.57 Å². The zero-order chi connectivity index (χ0) is 24.7. The molecule has 0 spiro atoms. The predicted molar refractivity (Wildman–Crippen MR) is 130 cm³/mol. The summed E-state index contributed by atoms with van der Waals surface area (Å²) >= 11 is 12.0. The Labute approximate surface area is 212 Å². The van der Waals surface area contributed by atoms with Crippen LogP contribution in [0.1, 0.15) is 35.4 Å². The molecule has 4 nitrogen and oxygen atoms in total. The molecule has 2 aliphatic rings. The first kappa shape index (κ1) is 24.3. The zero-order valence-corrected chi connectivity index (χ0v) is 20.8. The summed E-state index contributed by atoms with van der Waals surface area (Å²) in [5.74, 6) is 0. The minimum absolute atomic E-state index is 0.209. The second kappa shape index (κ2) is 9.60. The second-order valence-electron chi connectivity index (χ2n) is 9.29. The lowest BCUT2D eigenvalue weighted by molar-refractivity contribution is -0.671. The summed E-state index contributed by atoms with van der Waals surface area (Å²) in [6.07, 6.45) is 4.63. The van der Waals surface area contributed by atoms with E-state index >= 15 is 0 Å². The van der Waals surface area contributed by atoms with Crippen molar-refractivity contribution >= 4 is 28.8 Å². The number of nitrogens with zero attached hydrogens (tertiary/aromatic N) is 4. The first-order valence-corrected chi connectivity index (χ1v) is 12.4. The SMILES string of the molecule is C[n+]1ccn(CC2C3=C(CCN2CCCc2ccc(Cl)c(C(F)(F)F)n2)c2cc(Cl)ccc2C3)c1. The normalized spacial score (nSPS) is 18.2. The quantitative estimate of drug-likeness (QED) is 0.386. The Hall–Kier alpha value is -2.35. The molecule has 1 aliphatic carbocycles. The van der Waals surface area contributed by atoms with Gasteiger partial charge in [0.25, 0.3) is 0 Å². The van der Waals surface area contributed by atoms with E-state index in [-0.39, 0.29) is 11.1 Å². The predicted octanol–water partition coefficient (Wildman–Crippen LogP) is 5.75. The average molecular weight is 522 g/mol. The lowest BCUT2D eigenvalue weighted by atomic mass is 9.92. The van der Waals surface area contributed by atoms with E-state index in [2.05, 4.69) is 39.1 Å². The van der Waals surface area contributed by atoms with Crippen molar-refractivity contribution in [2.24, 2.45) is 7.05 Å². The summed E-state index contributed by atoms with van der Waals surface area (Å²) in [5, 5.41) is 0.389. The number of pyridine rings is 1. The van der Waals surface area contributed by atoms with Gasteiger partial charge in [0.2, 0.25) is 6.33 Å². The highest BCUT2D eigenvalue weighted by atomic mass is 35.5. The first-order valence-electron chi connectivity index (χ1n) is 11.7. The largest absolute Gasteiger partial charge is 0.434 e. The van der Waals surface area contributed by atoms with Crippen molar-refractivity contribution in [2.75, 3.05) is 13.1 Å². The van der Waals surface area contributed by atoms with E-state index in [1.54, 1.807) is 6.07 Å². The minimum atomic E-state index is -4.55. The van der Waals surface area contributed by atoms with Gasteiger partial charge in [-0.15, -0.1) is 0 Å². The number of aromatic nitrogens is 3. The Morgan fingerprint density at radius 3 is 2.74 bits per heavy atom. The highest BCUT2D eigenvalue weighted by Crippen LogP contribution is 2.42. The van der Waals surface area contributed by atoms with Crippen LogP contribution in [-0.4, -0.2) is 33.6 Å². The van der Waals surface area contributed by atoms with E-state index in [1.165, 1.54) is 28.3 Å². The van der Waals surface area contributed by atoms with E-state index in [1.807, 2.05) is 23.9 Å². The molecular formula is C26H26Cl2F3N4+. The van der Waals surface area contributed by atoms with E-state index in [9.17, 15) is 13.2 Å². The molecule has 184 valence electrons. The van der Waals surface area contributed by atoms with Crippen LogP contribution in [0.25, 0.3) is 5.57 Å². The maximum atomic E-state index is 13.2. The van der Waals surface area contributed by atoms with Gasteiger partial charge < -0.3 is 0 Å². The summed E-state index contributed by atoms with van der Waals surface area (Å²) < 4.78 is 43.8. The number of hydrogen-bond acceptors (Lipinski definition) is 2. The number of fused-ring (bicyclic) bond motifs is 2. The van der Waals surface area contributed by atoms with Gasteiger partial charge in [0.1, 0.15) is 18.9 Å². The topological polar surface area (TPSA) is 24.9 Å². The second-order valence-corrected chi connectivity index (χ2v) is 10.1. The van der Waals surface area contributed by atoms with Crippen LogP contribution in [0.5, 0.6) is 0 Å². The number of rotatable bonds is 6. The molecule has 0 amide bonds. The third-order valence-corrected chi connectivity index (χ3v) is 7.46. The van der Waals surface area contributed by atoms with Crippen LogP contribution in [0.3, 0.4) is 0 Å². The molecule has 2 aromatic heterocycles. The van der Waals surface area contributed by atoms with Crippen LogP contribution in [0.4, 0.5) is 13.2 Å². The molecule has 0 N–H and O–H groups in total. The Kier molecular flexibility index (Phi) is 6.68. The summed E-state index contributed by atoms with van der Waals surface area (Å²) in [7, 11) is 2.00. The summed E-state index contributed by atoms with van der Waals surface area (Å²) in [5.41, 5.74) is 4.80. The monoisotopic (exact) mass is 521 g/mol. The van der Waals surface area contributed by atoms with Gasteiger partial charge in [0.05, 0.1) is 18.1 Å². The number of halogens is 5. The fourth-order valence-electron chi connectivity index (χ4n) is 5.30. The molecule has 3 aromatic rings. The van der Waals surface area contributed by atoms with Gasteiger partial charge >= 0.3 is 6.18 Å². The third kappa shape index (κ3) is 5.13. The standard InChI is InChI=1S/C26H26Cl2F3N4/c1-33-11-12-34(16-33)15-24-22-13-17-4-5-18(27)14-21(17)20(22)8-10-35(24)9-2-3-19-6-7-23(28)25(32-19)26(29,30)31/h4-7,11-12,14,16,24H,2-3,8-10,13,15H2,1H3/q+1. The maximum Gasteiger partial charge on any atom is 0.434 e. The van der Waals surface area contributed by atoms with Crippen molar-refractivity contribution in [3.8, 4) is 0 Å². The summed E-state index contributed by atoms with van der Waals surface area (Å²) in [6, 6.07) is 9.24. The molecule has 1 aromatic carbocycles. The lowest BCUT2D eigenvalue weighted by Crippen LogP contribution is -2.44. The average Bonchev–Trinajstić information content (AvgIpc) is 3.38. The fourth-order valence-corrected chi connectivity index (χ4v) is 5.69. The van der Waals surface area contributed by atoms with Gasteiger partial charge in [0.15, 0.2) is 5.69 Å². The zero-order valence-electron chi connectivity index (χ0n) is 19.3. The van der Waals surface area contributed by atoms with Gasteiger partial charge in [-0.2, -0.15) is 13.2 Å². The van der Waals surface area contributed by atoms with E-state index in [0.29, 0.717) is 18.5 Å². The first-order chi connectivity index (χ1) is 16.7. The van der Waals surface area contributed by atoms with Gasteiger partial charge in [-0.25, -0.2) is 14.1 Å². The Bertz CT molecular complexity index is 1280. The van der Waals surface area contributed by atoms with Gasteiger partial charge in [-0.05, 0) is 78.8 Å². The van der Waals surface area contributed by atoms with Crippen molar-refractivity contribution in [3.63, 3.8) is 0 Å². The highest BCUT2D eigenvalue weighted by Gasteiger charge is 2.37. The number of imidazole rings is 1. The van der Waals surface area contributed by atoms with Crippen molar-refractivity contribution in [3.05, 3.63) is 87.2 Å². The van der Waals surface area contributed by atoms with Gasteiger partial charge in [0, 0.05) is 17.3 Å². The summed E-state index contributed by atoms with van der Waals surface area (Å²) in [6.45, 7) is 2.49. The number of benzene rings is 1. The fraction of sp³-hybridized carbons (Fsp3) is 0.385. The molecule has 0 saturated carbocycles. The summed E-state index contributed by atoms with van der Waals surface area (Å²) in [4.78, 5) is 6.27. The Morgan fingerprint density at radius 2 is 2.00 bits per heavy atom. The number of hydrogen-bond donors (Lipinski definition) is 0. The molecule has 3 heterocycles. The Balaban J connectivity index is 1.34. The third-order valence-electron chi connectivity index (χ3n) is 6.92. The number of aryl methyl sites for hydroxylation is 2. The molecule has 1 aliphatic heterocycles. The van der Waals surface area contributed by atoms with Crippen LogP contribution in [0.2, 0.25) is 10.0 Å². The smallest absolute Gasteiger partial charge is 0.293 e. The lowest BCUT2D eigenvalue weighted by Gasteiger charge is -2.36. The molecule has 0 bridgehead atoms. The molecule has 35 heavy (non-hydrogen) atoms. The molecule has 1 unspecified atom stereocenters. The number of alkyl halides is 3. The molecule has 0 fully saturated rings. The highest BCUT2D eigenvalue weighted by molar-refractivity contribution is 6.31. The van der Waals surface area contributed by atoms with E-state index < -0.39 is 11.9 Å². The molecular weight excluding hydrogens is 496 g/mol. The molecule has 5 rings (SSSR count). The maximum absolute atomic E-state index is 13.2. The van der Waals surface area contributed by atoms with Crippen LogP contribution in [-0.2, 0) is 32.6 Å². The van der Waals surface area contributed by atoms with Crippen molar-refractivity contribution in [1.29, 1.82) is 0 Å². The van der Waals surface area contributed by atoms with Crippen LogP contribution >= 0.6 is 23.2 Å². The van der Waals surface area contributed by atoms with Crippen molar-refractivity contribution in [1.82, 2.24) is 14.5 Å². The van der Waals surface area contributed by atoms with Gasteiger partial charge in [-0.3, -0.25) is 4.90 Å². The van der Waals surface area contributed by atoms with E-state index in [0.717, 1.165) is 37.5 Å². The van der Waals surface area contributed by atoms with Gasteiger partial charge in [-0.1, -0.05) is 29.3 Å². The molecule has 0 saturated heterocycles. The molecule has 9 heteroatoms. The van der Waals surface area contributed by atoms with Crippen molar-refractivity contribution < 1.29 is 17.7 Å².